The zero-order chi connectivity index (χ0) is 20.6. The minimum atomic E-state index is -0.289. The molecule has 0 aliphatic carbocycles. The molecule has 3 aromatic carbocycles. The van der Waals surface area contributed by atoms with Crippen LogP contribution in [0.3, 0.4) is 0 Å². The maximum absolute atomic E-state index is 12.9. The summed E-state index contributed by atoms with van der Waals surface area (Å²) < 4.78 is 0. The molecule has 148 valence electrons. The minimum absolute atomic E-state index is 0.170. The van der Waals surface area contributed by atoms with Crippen LogP contribution >= 0.6 is 11.6 Å². The molecule has 5 nitrogen and oxygen atoms in total. The van der Waals surface area contributed by atoms with Crippen LogP contribution in [0.25, 0.3) is 0 Å². The maximum atomic E-state index is 12.9. The van der Waals surface area contributed by atoms with Crippen molar-refractivity contribution < 1.29 is 9.59 Å². The van der Waals surface area contributed by atoms with E-state index in [4.69, 9.17) is 11.6 Å². The number of benzene rings is 3. The van der Waals surface area contributed by atoms with Gasteiger partial charge in [-0.2, -0.15) is 0 Å². The number of carbonyl (C=O) groups is 2. The Balaban J connectivity index is 1.65. The van der Waals surface area contributed by atoms with Crippen LogP contribution in [-0.2, 0) is 0 Å². The third-order valence-corrected chi connectivity index (χ3v) is 4.60. The lowest BCUT2D eigenvalue weighted by molar-refractivity contribution is 0.0954. The Kier molecular flexibility index (Phi) is 6.87. The summed E-state index contributed by atoms with van der Waals surface area (Å²) in [6.45, 7) is 2.61. The first kappa shape index (κ1) is 20.4. The summed E-state index contributed by atoms with van der Waals surface area (Å²) in [4.78, 5) is 26.8. The van der Waals surface area contributed by atoms with Gasteiger partial charge in [-0.15, -0.1) is 0 Å². The maximum Gasteiger partial charge on any atom is 0.326 e. The van der Waals surface area contributed by atoms with Crippen LogP contribution in [0.2, 0.25) is 5.02 Å². The lowest BCUT2D eigenvalue weighted by Crippen LogP contribution is -2.41. The first-order valence-corrected chi connectivity index (χ1v) is 9.65. The third kappa shape index (κ3) is 5.83. The van der Waals surface area contributed by atoms with Crippen molar-refractivity contribution in [1.82, 2.24) is 5.32 Å². The molecule has 0 saturated carbocycles. The third-order valence-electron chi connectivity index (χ3n) is 4.34. The van der Waals surface area contributed by atoms with E-state index in [0.29, 0.717) is 29.4 Å². The molecule has 0 aliphatic rings. The predicted molar refractivity (Wildman–Crippen MR) is 118 cm³/mol. The van der Waals surface area contributed by atoms with Gasteiger partial charge in [0.2, 0.25) is 0 Å². The summed E-state index contributed by atoms with van der Waals surface area (Å²) in [5.41, 5.74) is 3.07. The van der Waals surface area contributed by atoms with Crippen molar-refractivity contribution in [1.29, 1.82) is 0 Å². The summed E-state index contributed by atoms with van der Waals surface area (Å²) >= 11 is 5.90. The highest BCUT2D eigenvalue weighted by molar-refractivity contribution is 6.30. The SMILES string of the molecule is Cc1ccc(C(=O)NCCN(C(=O)Nc2ccc(Cl)cc2)c2ccccc2)cc1. The smallest absolute Gasteiger partial charge is 0.326 e. The minimum Gasteiger partial charge on any atom is -0.350 e. The average Bonchev–Trinajstić information content (AvgIpc) is 2.74. The van der Waals surface area contributed by atoms with Gasteiger partial charge in [0.25, 0.3) is 5.91 Å². The van der Waals surface area contributed by atoms with Gasteiger partial charge in [-0.3, -0.25) is 9.69 Å². The fourth-order valence-corrected chi connectivity index (χ4v) is 2.89. The van der Waals surface area contributed by atoms with Crippen molar-refractivity contribution >= 4 is 34.9 Å². The molecule has 0 saturated heterocycles. The van der Waals surface area contributed by atoms with Gasteiger partial charge in [0, 0.05) is 35.1 Å². The lowest BCUT2D eigenvalue weighted by Gasteiger charge is -2.23. The number of para-hydroxylation sites is 1. The predicted octanol–water partition coefficient (Wildman–Crippen LogP) is 5.12. The molecule has 0 aliphatic heterocycles. The molecule has 6 heteroatoms. The number of nitrogens with zero attached hydrogens (tertiary/aromatic N) is 1. The summed E-state index contributed by atoms with van der Waals surface area (Å²) in [7, 11) is 0. The van der Waals surface area contributed by atoms with E-state index in [-0.39, 0.29) is 11.9 Å². The number of urea groups is 1. The van der Waals surface area contributed by atoms with Gasteiger partial charge in [0.1, 0.15) is 0 Å². The van der Waals surface area contributed by atoms with Crippen LogP contribution in [0.15, 0.2) is 78.9 Å². The number of halogens is 1. The number of carbonyl (C=O) groups excluding carboxylic acids is 2. The second kappa shape index (κ2) is 9.75. The van der Waals surface area contributed by atoms with Crippen LogP contribution in [-0.4, -0.2) is 25.0 Å². The molecule has 0 spiro atoms. The zero-order valence-electron chi connectivity index (χ0n) is 16.1. The second-order valence-corrected chi connectivity index (χ2v) is 6.98. The normalized spacial score (nSPS) is 10.3. The number of rotatable bonds is 6. The van der Waals surface area contributed by atoms with Gasteiger partial charge in [0.15, 0.2) is 0 Å². The van der Waals surface area contributed by atoms with E-state index in [1.807, 2.05) is 49.4 Å². The van der Waals surface area contributed by atoms with Gasteiger partial charge < -0.3 is 10.6 Å². The summed E-state index contributed by atoms with van der Waals surface area (Å²) in [5, 5.41) is 6.33. The van der Waals surface area contributed by atoms with Gasteiger partial charge in [-0.1, -0.05) is 47.5 Å². The van der Waals surface area contributed by atoms with E-state index in [9.17, 15) is 9.59 Å². The van der Waals surface area contributed by atoms with E-state index >= 15 is 0 Å². The zero-order valence-corrected chi connectivity index (χ0v) is 16.8. The molecule has 0 atom stereocenters. The molecular weight excluding hydrogens is 386 g/mol. The van der Waals surface area contributed by atoms with Gasteiger partial charge in [-0.25, -0.2) is 4.79 Å². The highest BCUT2D eigenvalue weighted by Crippen LogP contribution is 2.17. The molecule has 3 amide bonds. The molecular formula is C23H22ClN3O2. The van der Waals surface area contributed by atoms with Crippen molar-refractivity contribution in [3.05, 3.63) is 95.0 Å². The Hall–Kier alpha value is -3.31. The molecule has 0 radical (unpaired) electrons. The summed E-state index contributed by atoms with van der Waals surface area (Å²) in [5.74, 6) is -0.170. The van der Waals surface area contributed by atoms with Crippen molar-refractivity contribution in [2.24, 2.45) is 0 Å². The van der Waals surface area contributed by atoms with E-state index in [1.54, 1.807) is 41.3 Å². The summed E-state index contributed by atoms with van der Waals surface area (Å²) in [6.07, 6.45) is 0. The number of amides is 3. The van der Waals surface area contributed by atoms with Crippen LogP contribution in [0.5, 0.6) is 0 Å². The average molecular weight is 408 g/mol. The Labute approximate surface area is 175 Å². The molecule has 0 aromatic heterocycles. The van der Waals surface area contributed by atoms with Crippen molar-refractivity contribution in [2.75, 3.05) is 23.3 Å². The Morgan fingerprint density at radius 2 is 1.55 bits per heavy atom. The van der Waals surface area contributed by atoms with Crippen molar-refractivity contribution in [3.63, 3.8) is 0 Å². The molecule has 29 heavy (non-hydrogen) atoms. The van der Waals surface area contributed by atoms with Gasteiger partial charge in [-0.05, 0) is 55.5 Å². The van der Waals surface area contributed by atoms with Crippen LogP contribution in [0.1, 0.15) is 15.9 Å². The highest BCUT2D eigenvalue weighted by Gasteiger charge is 2.16. The number of hydrogen-bond acceptors (Lipinski definition) is 2. The van der Waals surface area contributed by atoms with Crippen LogP contribution in [0, 0.1) is 6.92 Å². The van der Waals surface area contributed by atoms with Crippen LogP contribution < -0.4 is 15.5 Å². The van der Waals surface area contributed by atoms with E-state index in [1.165, 1.54) is 0 Å². The molecule has 0 fully saturated rings. The van der Waals surface area contributed by atoms with E-state index < -0.39 is 0 Å². The Morgan fingerprint density at radius 1 is 0.897 bits per heavy atom. The molecule has 0 bridgehead atoms. The monoisotopic (exact) mass is 407 g/mol. The number of anilines is 2. The lowest BCUT2D eigenvalue weighted by atomic mass is 10.1. The summed E-state index contributed by atoms with van der Waals surface area (Å²) in [6, 6.07) is 23.3. The largest absolute Gasteiger partial charge is 0.350 e. The molecule has 3 aromatic rings. The standard InChI is InChI=1S/C23H22ClN3O2/c1-17-7-9-18(10-8-17)22(28)25-15-16-27(21-5-3-2-4-6-21)23(29)26-20-13-11-19(24)12-14-20/h2-14H,15-16H2,1H3,(H,25,28)(H,26,29). The van der Waals surface area contributed by atoms with Crippen molar-refractivity contribution in [3.8, 4) is 0 Å². The van der Waals surface area contributed by atoms with Crippen molar-refractivity contribution in [2.45, 2.75) is 6.92 Å². The molecule has 3 rings (SSSR count). The fourth-order valence-electron chi connectivity index (χ4n) is 2.77. The van der Waals surface area contributed by atoms with E-state index in [0.717, 1.165) is 11.3 Å². The molecule has 2 N–H and O–H groups in total. The molecule has 0 heterocycles. The Morgan fingerprint density at radius 3 is 2.21 bits per heavy atom. The first-order valence-electron chi connectivity index (χ1n) is 9.27. The number of hydrogen-bond donors (Lipinski definition) is 2. The topological polar surface area (TPSA) is 61.4 Å². The number of nitrogens with one attached hydrogen (secondary N) is 2. The molecule has 0 unspecified atom stereocenters. The van der Waals surface area contributed by atoms with Gasteiger partial charge in [0.05, 0.1) is 0 Å². The van der Waals surface area contributed by atoms with E-state index in [2.05, 4.69) is 10.6 Å². The van der Waals surface area contributed by atoms with Gasteiger partial charge >= 0.3 is 6.03 Å². The second-order valence-electron chi connectivity index (χ2n) is 6.55. The van der Waals surface area contributed by atoms with Crippen LogP contribution in [0.4, 0.5) is 16.2 Å². The Bertz CT molecular complexity index is 958. The first-order chi connectivity index (χ1) is 14.0. The fraction of sp³-hybridized carbons (Fsp3) is 0.130. The number of aryl methyl sites for hydroxylation is 1. The highest BCUT2D eigenvalue weighted by atomic mass is 35.5. The quantitative estimate of drug-likeness (QED) is 0.596.